The van der Waals surface area contributed by atoms with Crippen LogP contribution in [0.3, 0.4) is 0 Å². The number of thiazole rings is 1. The minimum Gasteiger partial charge on any atom is -0.493 e. The third kappa shape index (κ3) is 7.52. The number of methoxy groups -OCH3 is 3. The first kappa shape index (κ1) is 36.5. The van der Waals surface area contributed by atoms with Gasteiger partial charge >= 0.3 is 5.97 Å². The molecular weight excluding hydrogens is 826 g/mol. The van der Waals surface area contributed by atoms with Crippen LogP contribution in [0.2, 0.25) is 10.0 Å². The van der Waals surface area contributed by atoms with E-state index in [4.69, 9.17) is 51.9 Å². The van der Waals surface area contributed by atoms with Crippen LogP contribution in [0.15, 0.2) is 94.2 Å². The summed E-state index contributed by atoms with van der Waals surface area (Å²) in [5.41, 5.74) is 3.11. The van der Waals surface area contributed by atoms with Crippen LogP contribution in [0, 0.1) is 3.57 Å². The molecule has 9 nitrogen and oxygen atoms in total. The second kappa shape index (κ2) is 15.9. The van der Waals surface area contributed by atoms with E-state index in [1.807, 2.05) is 42.5 Å². The van der Waals surface area contributed by atoms with Gasteiger partial charge in [0.15, 0.2) is 27.8 Å². The zero-order valence-electron chi connectivity index (χ0n) is 27.9. The standard InChI is InChI=1S/C38H31Cl2IN2O7S/c1-5-49-37(45)32-33(22-9-7-6-8-10-22)42-38-43(34(32)23-12-14-28(46-2)29(18-23)47-3)36(44)31(51-38)17-21-15-27(41)35(30(16-21)48-4)50-20-24-11-13-25(39)19-26(24)40/h6-19,34H,5,20H2,1-4H3/b31-17-/t34-/m0/s1. The molecule has 0 saturated heterocycles. The topological polar surface area (TPSA) is 97.6 Å². The van der Waals surface area contributed by atoms with Gasteiger partial charge in [0.25, 0.3) is 5.56 Å². The van der Waals surface area contributed by atoms with Crippen molar-refractivity contribution in [3.05, 3.63) is 140 Å². The number of fused-ring (bicyclic) bond motifs is 1. The number of rotatable bonds is 11. The first-order valence-corrected chi connectivity index (χ1v) is 18.3. The van der Waals surface area contributed by atoms with Crippen LogP contribution < -0.4 is 33.8 Å². The van der Waals surface area contributed by atoms with Crippen LogP contribution in [0.25, 0.3) is 11.8 Å². The van der Waals surface area contributed by atoms with E-state index < -0.39 is 12.0 Å². The Morgan fingerprint density at radius 3 is 2.37 bits per heavy atom. The Morgan fingerprint density at radius 2 is 1.69 bits per heavy atom. The molecule has 0 fully saturated rings. The number of esters is 1. The molecule has 0 radical (unpaired) electrons. The Kier molecular flexibility index (Phi) is 11.4. The zero-order valence-corrected chi connectivity index (χ0v) is 32.4. The van der Waals surface area contributed by atoms with Crippen LogP contribution in [0.4, 0.5) is 0 Å². The van der Waals surface area contributed by atoms with Crippen molar-refractivity contribution in [1.82, 2.24) is 4.57 Å². The van der Waals surface area contributed by atoms with Gasteiger partial charge < -0.3 is 23.7 Å². The van der Waals surface area contributed by atoms with Crippen molar-refractivity contribution in [3.8, 4) is 23.0 Å². The molecule has 1 aromatic heterocycles. The van der Waals surface area contributed by atoms with E-state index in [0.29, 0.717) is 64.8 Å². The van der Waals surface area contributed by atoms with E-state index in [1.165, 1.54) is 23.0 Å². The molecule has 1 aliphatic rings. The van der Waals surface area contributed by atoms with Crippen LogP contribution in [0.5, 0.6) is 23.0 Å². The van der Waals surface area contributed by atoms with Gasteiger partial charge in [0.1, 0.15) is 6.61 Å². The molecular formula is C38H31Cl2IN2O7S. The number of aromatic nitrogens is 1. The third-order valence-electron chi connectivity index (χ3n) is 8.03. The molecule has 262 valence electrons. The lowest BCUT2D eigenvalue weighted by Crippen LogP contribution is -2.40. The number of benzene rings is 4. The maximum absolute atomic E-state index is 14.4. The Morgan fingerprint density at radius 1 is 0.941 bits per heavy atom. The summed E-state index contributed by atoms with van der Waals surface area (Å²) in [5.74, 6) is 1.38. The van der Waals surface area contributed by atoms with Crippen molar-refractivity contribution >= 4 is 74.9 Å². The number of hydrogen-bond acceptors (Lipinski definition) is 9. The first-order chi connectivity index (χ1) is 24.7. The van der Waals surface area contributed by atoms with E-state index >= 15 is 0 Å². The maximum atomic E-state index is 14.4. The molecule has 51 heavy (non-hydrogen) atoms. The predicted octanol–water partition coefficient (Wildman–Crippen LogP) is 7.45. The Hall–Kier alpha value is -4.30. The highest BCUT2D eigenvalue weighted by molar-refractivity contribution is 14.1. The highest BCUT2D eigenvalue weighted by Gasteiger charge is 2.35. The lowest BCUT2D eigenvalue weighted by atomic mass is 9.93. The number of halogens is 3. The molecule has 0 spiro atoms. The van der Waals surface area contributed by atoms with Crippen LogP contribution in [-0.2, 0) is 16.1 Å². The maximum Gasteiger partial charge on any atom is 0.338 e. The van der Waals surface area contributed by atoms with Gasteiger partial charge in [-0.1, -0.05) is 77.0 Å². The third-order valence-corrected chi connectivity index (χ3v) is 10.4. The van der Waals surface area contributed by atoms with E-state index in [9.17, 15) is 9.59 Å². The minimum atomic E-state index is -0.886. The largest absolute Gasteiger partial charge is 0.493 e. The van der Waals surface area contributed by atoms with Crippen LogP contribution in [0.1, 0.15) is 35.2 Å². The summed E-state index contributed by atoms with van der Waals surface area (Å²) in [6.45, 7) is 2.07. The van der Waals surface area contributed by atoms with Gasteiger partial charge in [-0.2, -0.15) is 0 Å². The molecule has 0 saturated carbocycles. The average molecular weight is 858 g/mol. The molecule has 5 aromatic rings. The summed E-state index contributed by atoms with van der Waals surface area (Å²) in [6.07, 6.45) is 1.77. The quantitative estimate of drug-likeness (QED) is 0.101. The molecule has 13 heteroatoms. The number of carbonyl (C=O) groups excluding carboxylic acids is 1. The fraction of sp³-hybridized carbons (Fsp3) is 0.184. The number of nitrogens with zero attached hydrogens (tertiary/aromatic N) is 2. The first-order valence-electron chi connectivity index (χ1n) is 15.6. The van der Waals surface area contributed by atoms with Crippen LogP contribution in [-0.4, -0.2) is 38.5 Å². The molecule has 1 atom stereocenters. The van der Waals surface area contributed by atoms with Crippen molar-refractivity contribution in [1.29, 1.82) is 0 Å². The van der Waals surface area contributed by atoms with Crippen molar-refractivity contribution in [2.45, 2.75) is 19.6 Å². The molecule has 0 N–H and O–H groups in total. The van der Waals surface area contributed by atoms with Crippen molar-refractivity contribution < 1.29 is 28.5 Å². The smallest absolute Gasteiger partial charge is 0.338 e. The monoisotopic (exact) mass is 856 g/mol. The molecule has 1 aliphatic heterocycles. The summed E-state index contributed by atoms with van der Waals surface area (Å²) in [5, 5.41) is 1.03. The molecule has 0 unspecified atom stereocenters. The zero-order chi connectivity index (χ0) is 36.2. The Balaban J connectivity index is 1.51. The van der Waals surface area contributed by atoms with Gasteiger partial charge in [0, 0.05) is 21.2 Å². The highest BCUT2D eigenvalue weighted by Crippen LogP contribution is 2.39. The van der Waals surface area contributed by atoms with Gasteiger partial charge in [-0.3, -0.25) is 9.36 Å². The van der Waals surface area contributed by atoms with Gasteiger partial charge in [-0.05, 0) is 83.1 Å². The lowest BCUT2D eigenvalue weighted by Gasteiger charge is -2.26. The van der Waals surface area contributed by atoms with Gasteiger partial charge in [-0.25, -0.2) is 9.79 Å². The summed E-state index contributed by atoms with van der Waals surface area (Å²) in [6, 6.07) is 22.7. The SMILES string of the molecule is CCOC(=O)C1=C(c2ccccc2)N=c2s/c(=C\c3cc(I)c(OCc4ccc(Cl)cc4Cl)c(OC)c3)c(=O)n2[C@H]1c1ccc(OC)c(OC)c1. The second-order valence-corrected chi connectivity index (χ2v) is 14.1. The molecule has 4 aromatic carbocycles. The molecule has 2 heterocycles. The van der Waals surface area contributed by atoms with E-state index in [1.54, 1.807) is 63.6 Å². The minimum absolute atomic E-state index is 0.139. The predicted molar refractivity (Wildman–Crippen MR) is 207 cm³/mol. The molecule has 0 amide bonds. The van der Waals surface area contributed by atoms with Crippen LogP contribution >= 0.6 is 57.1 Å². The Bertz CT molecular complexity index is 2340. The Labute approximate surface area is 321 Å². The lowest BCUT2D eigenvalue weighted by molar-refractivity contribution is -0.138. The molecule has 0 aliphatic carbocycles. The second-order valence-electron chi connectivity index (χ2n) is 11.1. The van der Waals surface area contributed by atoms with E-state index in [2.05, 4.69) is 22.6 Å². The van der Waals surface area contributed by atoms with Crippen molar-refractivity contribution in [2.24, 2.45) is 4.99 Å². The fourth-order valence-electron chi connectivity index (χ4n) is 5.68. The number of ether oxygens (including phenoxy) is 5. The van der Waals surface area contributed by atoms with Crippen molar-refractivity contribution in [3.63, 3.8) is 0 Å². The van der Waals surface area contributed by atoms with E-state index in [0.717, 1.165) is 9.13 Å². The number of carbonyl (C=O) groups is 1. The summed E-state index contributed by atoms with van der Waals surface area (Å²) in [4.78, 5) is 33.6. The van der Waals surface area contributed by atoms with Gasteiger partial charge in [0.05, 0.1) is 53.4 Å². The molecule has 6 rings (SSSR count). The van der Waals surface area contributed by atoms with Gasteiger partial charge in [0.2, 0.25) is 0 Å². The molecule has 0 bridgehead atoms. The summed E-state index contributed by atoms with van der Waals surface area (Å²) < 4.78 is 31.2. The van der Waals surface area contributed by atoms with Gasteiger partial charge in [-0.15, -0.1) is 0 Å². The number of hydrogen-bond donors (Lipinski definition) is 0. The summed E-state index contributed by atoms with van der Waals surface area (Å²) in [7, 11) is 4.63. The van der Waals surface area contributed by atoms with E-state index in [-0.39, 0.29) is 24.3 Å². The fourth-order valence-corrected chi connectivity index (χ4v) is 7.93. The summed E-state index contributed by atoms with van der Waals surface area (Å²) >= 11 is 15.8. The van der Waals surface area contributed by atoms with Crippen molar-refractivity contribution in [2.75, 3.05) is 27.9 Å². The normalized spacial score (nSPS) is 14.1. The average Bonchev–Trinajstić information content (AvgIpc) is 3.44. The highest BCUT2D eigenvalue weighted by atomic mass is 127.